The summed E-state index contributed by atoms with van der Waals surface area (Å²) < 4.78 is 27.8. The summed E-state index contributed by atoms with van der Waals surface area (Å²) in [6, 6.07) is 20.6. The van der Waals surface area contributed by atoms with Gasteiger partial charge in [0.1, 0.15) is 29.9 Å². The number of alkyl carbamates (subject to hydrolysis) is 2. The molecule has 0 spiro atoms. The number of carbonyl (C=O) groups excluding carboxylic acids is 6. The van der Waals surface area contributed by atoms with Gasteiger partial charge < -0.3 is 46.1 Å². The fourth-order valence-electron chi connectivity index (χ4n) is 9.68. The second kappa shape index (κ2) is 26.1. The SMILES string of the molecule is [2H]CN1CCC[C@@]1(C[2H])C(=O)N[C@H](C(=O)N(C)[C@H](C[C@@H](OC(=O)NCC)c1nc(C(=O)N[C@@H](Cc2ccc(NC(=O)CNC(=O)OCC3c4ccccc4-c4ccccc43)cc2)C[C@H](C)C(=O)O)cs1)C(C)C)[C@@H](C)CC. The number of anilines is 1. The number of nitrogens with one attached hydrogen (secondary N) is 5. The lowest BCUT2D eigenvalue weighted by atomic mass is 9.91. The van der Waals surface area contributed by atoms with Crippen LogP contribution < -0.4 is 26.6 Å². The number of thiazole rings is 1. The maximum atomic E-state index is 14.5. The van der Waals surface area contributed by atoms with E-state index in [0.29, 0.717) is 31.5 Å². The first-order valence-corrected chi connectivity index (χ1v) is 26.5. The summed E-state index contributed by atoms with van der Waals surface area (Å²) in [6.07, 6.45) is -0.457. The Morgan fingerprint density at radius 3 is 2.20 bits per heavy atom. The smallest absolute Gasteiger partial charge is 0.407 e. The van der Waals surface area contributed by atoms with Crippen molar-refractivity contribution in [2.75, 3.05) is 45.6 Å². The molecule has 7 atom stereocenters. The van der Waals surface area contributed by atoms with Gasteiger partial charge in [-0.3, -0.25) is 28.9 Å². The predicted molar refractivity (Wildman–Crippen MR) is 287 cm³/mol. The van der Waals surface area contributed by atoms with E-state index >= 15 is 0 Å². The van der Waals surface area contributed by atoms with Gasteiger partial charge >= 0.3 is 18.2 Å². The average molecular weight is 1050 g/mol. The Morgan fingerprint density at radius 1 is 0.907 bits per heavy atom. The number of carboxylic acids is 1. The molecule has 0 saturated carbocycles. The Balaban J connectivity index is 1.08. The van der Waals surface area contributed by atoms with Gasteiger partial charge in [0.25, 0.3) is 5.91 Å². The standard InChI is InChI=1S/C56H74N8O10S/c1-10-34(5)48(62-53(70)56(7)25-16-26-63(56)8)51(67)64(9)45(33(3)4)29-46(74-55(72)57-11-2)50-61-44(32-75-50)49(66)60-38(27-35(6)52(68)69)28-36-21-23-37(24-22-36)59-47(65)30-58-54(71)73-31-43-41-19-14-12-17-39(41)40-18-13-15-20-42(40)43/h12-15,17-24,32-35,38,43,45-46,48H,10-11,16,25-31H2,1-9H3,(H,57,72)(H,58,71)(H,59,65)(H,60,66)(H,62,70)(H,68,69)/t34-,35-,38+,45+,46+,48-,56-/m0/s1/i7D,8D. The molecule has 6 rings (SSSR count). The molecule has 2 aliphatic rings. The minimum Gasteiger partial charge on any atom is -0.481 e. The highest BCUT2D eigenvalue weighted by atomic mass is 32.1. The minimum atomic E-state index is -1.20. The van der Waals surface area contributed by atoms with Gasteiger partial charge in [0.15, 0.2) is 6.10 Å². The van der Waals surface area contributed by atoms with Crippen LogP contribution in [0.3, 0.4) is 0 Å². The molecule has 2 heterocycles. The molecule has 1 saturated heterocycles. The van der Waals surface area contributed by atoms with Crippen molar-refractivity contribution >= 4 is 58.8 Å². The van der Waals surface area contributed by atoms with Gasteiger partial charge in [-0.05, 0) is 105 Å². The number of hydrogen-bond acceptors (Lipinski definition) is 12. The van der Waals surface area contributed by atoms with Crippen molar-refractivity contribution in [2.24, 2.45) is 17.8 Å². The number of carbonyl (C=O) groups is 7. The summed E-state index contributed by atoms with van der Waals surface area (Å²) in [5.41, 5.74) is 4.32. The van der Waals surface area contributed by atoms with Crippen LogP contribution >= 0.6 is 11.3 Å². The maximum Gasteiger partial charge on any atom is 0.407 e. The first-order valence-electron chi connectivity index (χ1n) is 27.1. The Bertz CT molecular complexity index is 2660. The lowest BCUT2D eigenvalue weighted by molar-refractivity contribution is -0.142. The van der Waals surface area contributed by atoms with E-state index in [-0.39, 0.29) is 87.2 Å². The van der Waals surface area contributed by atoms with Crippen molar-refractivity contribution < 1.29 is 50.9 Å². The molecule has 75 heavy (non-hydrogen) atoms. The van der Waals surface area contributed by atoms with Gasteiger partial charge in [-0.2, -0.15) is 0 Å². The number of hydrogen-bond donors (Lipinski definition) is 6. The van der Waals surface area contributed by atoms with Crippen LogP contribution in [0.5, 0.6) is 0 Å². The normalized spacial score (nSPS) is 17.9. The minimum absolute atomic E-state index is 0.00858. The molecule has 1 aliphatic carbocycles. The summed E-state index contributed by atoms with van der Waals surface area (Å²) >= 11 is 1.09. The molecular weight excluding hydrogens is 977 g/mol. The van der Waals surface area contributed by atoms with Gasteiger partial charge in [-0.1, -0.05) is 102 Å². The van der Waals surface area contributed by atoms with Crippen LogP contribution in [0.4, 0.5) is 15.3 Å². The molecule has 1 aliphatic heterocycles. The lowest BCUT2D eigenvalue weighted by Gasteiger charge is -2.38. The van der Waals surface area contributed by atoms with Gasteiger partial charge in [0.2, 0.25) is 17.7 Å². The molecule has 19 heteroatoms. The van der Waals surface area contributed by atoms with Crippen LogP contribution in [0.2, 0.25) is 0 Å². The van der Waals surface area contributed by atoms with Crippen LogP contribution in [0.25, 0.3) is 11.1 Å². The number of fused-ring (bicyclic) bond motifs is 3. The molecule has 18 nitrogen and oxygen atoms in total. The molecule has 404 valence electrons. The van der Waals surface area contributed by atoms with Crippen LogP contribution in [0.1, 0.15) is 127 Å². The number of ether oxygens (including phenoxy) is 2. The predicted octanol–water partition coefficient (Wildman–Crippen LogP) is 7.75. The molecule has 6 amide bonds. The van der Waals surface area contributed by atoms with Gasteiger partial charge in [0.05, 0.1) is 11.5 Å². The van der Waals surface area contributed by atoms with Crippen molar-refractivity contribution in [1.29, 1.82) is 0 Å². The number of carboxylic acid groups (broad SMARTS) is 1. The van der Waals surface area contributed by atoms with Crippen LogP contribution in [0, 0.1) is 17.8 Å². The number of rotatable bonds is 24. The van der Waals surface area contributed by atoms with Crippen LogP contribution in [-0.2, 0) is 35.1 Å². The molecule has 1 aromatic heterocycles. The Labute approximate surface area is 446 Å². The van der Waals surface area contributed by atoms with E-state index in [9.17, 15) is 38.7 Å². The average Bonchev–Trinajstić information content (AvgIpc) is 4.18. The highest BCUT2D eigenvalue weighted by molar-refractivity contribution is 7.09. The second-order valence-corrected chi connectivity index (χ2v) is 20.9. The Morgan fingerprint density at radius 2 is 1.59 bits per heavy atom. The van der Waals surface area contributed by atoms with E-state index in [2.05, 4.69) is 31.6 Å². The number of amides is 6. The fraction of sp³-hybridized carbons (Fsp3) is 0.500. The van der Waals surface area contributed by atoms with E-state index < -0.39 is 71.6 Å². The summed E-state index contributed by atoms with van der Waals surface area (Å²) in [5.74, 6) is -4.36. The number of aromatic nitrogens is 1. The monoisotopic (exact) mass is 1050 g/mol. The number of likely N-dealkylation sites (tertiary alicyclic amines) is 1. The zero-order chi connectivity index (χ0) is 56.0. The number of nitrogens with zero attached hydrogens (tertiary/aromatic N) is 3. The van der Waals surface area contributed by atoms with Crippen molar-refractivity contribution in [3.05, 3.63) is 106 Å². The van der Waals surface area contributed by atoms with Crippen molar-refractivity contribution in [3.8, 4) is 11.1 Å². The molecule has 3 aromatic carbocycles. The van der Waals surface area contributed by atoms with E-state index in [1.165, 1.54) is 5.38 Å². The zero-order valence-electron chi connectivity index (χ0n) is 46.0. The molecule has 0 unspecified atom stereocenters. The third-order valence-electron chi connectivity index (χ3n) is 14.3. The summed E-state index contributed by atoms with van der Waals surface area (Å²) in [5, 5.41) is 25.5. The van der Waals surface area contributed by atoms with Gasteiger partial charge in [-0.25, -0.2) is 14.6 Å². The topological polar surface area (TPSA) is 238 Å². The lowest BCUT2D eigenvalue weighted by Crippen LogP contribution is -2.60. The quantitative estimate of drug-likeness (QED) is 0.0395. The third kappa shape index (κ3) is 14.5. The molecule has 0 radical (unpaired) electrons. The maximum absolute atomic E-state index is 14.5. The number of benzene rings is 3. The molecule has 4 aromatic rings. The van der Waals surface area contributed by atoms with Crippen molar-refractivity contribution in [1.82, 2.24) is 36.1 Å². The van der Waals surface area contributed by atoms with Crippen molar-refractivity contribution in [2.45, 2.75) is 123 Å². The first-order chi connectivity index (χ1) is 36.8. The highest BCUT2D eigenvalue weighted by Gasteiger charge is 2.44. The molecule has 1 fully saturated rings. The van der Waals surface area contributed by atoms with E-state index in [4.69, 9.17) is 12.2 Å². The highest BCUT2D eigenvalue weighted by Crippen LogP contribution is 2.44. The second-order valence-electron chi connectivity index (χ2n) is 20.0. The zero-order valence-corrected chi connectivity index (χ0v) is 44.8. The van der Waals surface area contributed by atoms with E-state index in [0.717, 1.165) is 39.2 Å². The summed E-state index contributed by atoms with van der Waals surface area (Å²) in [7, 11) is 1.50. The van der Waals surface area contributed by atoms with Gasteiger partial charge in [-0.15, -0.1) is 11.3 Å². The summed E-state index contributed by atoms with van der Waals surface area (Å²) in [4.78, 5) is 101. The Kier molecular flexibility index (Phi) is 18.9. The largest absolute Gasteiger partial charge is 0.481 e. The van der Waals surface area contributed by atoms with Crippen molar-refractivity contribution in [3.63, 3.8) is 0 Å². The van der Waals surface area contributed by atoms with Crippen LogP contribution in [-0.4, -0.2) is 126 Å². The Hall–Kier alpha value is -6.86. The van der Waals surface area contributed by atoms with Gasteiger partial charge in [0, 0.05) is 51.8 Å². The molecule has 6 N–H and O–H groups in total. The number of likely N-dealkylation sites (N-methyl/N-ethyl adjacent to an activating group) is 2. The fourth-order valence-corrected chi connectivity index (χ4v) is 10.5. The number of aliphatic carboxylic acids is 1. The summed E-state index contributed by atoms with van der Waals surface area (Å²) in [6.45, 7) is 11.2. The first kappa shape index (κ1) is 54.4. The molecular formula is C56H74N8O10S. The van der Waals surface area contributed by atoms with E-state index in [1.807, 2.05) is 76.2 Å². The van der Waals surface area contributed by atoms with Crippen LogP contribution in [0.15, 0.2) is 78.2 Å². The molecule has 0 bridgehead atoms. The van der Waals surface area contributed by atoms with E-state index in [1.54, 1.807) is 55.0 Å². The third-order valence-corrected chi connectivity index (χ3v) is 15.3.